The lowest BCUT2D eigenvalue weighted by Gasteiger charge is -2.91. The molecule has 4 unspecified atom stereocenters. The van der Waals surface area contributed by atoms with Gasteiger partial charge in [0.15, 0.2) is 5.79 Å². The van der Waals surface area contributed by atoms with Crippen molar-refractivity contribution in [2.45, 2.75) is 15.7 Å². The molecule has 0 aromatic carbocycles. The molecule has 7 aliphatic rings. The molecule has 0 aromatic rings. The number of nitrogens with one attached hydrogen (secondary N) is 1. The van der Waals surface area contributed by atoms with Crippen molar-refractivity contribution in [2.75, 3.05) is 20.3 Å². The van der Waals surface area contributed by atoms with Gasteiger partial charge in [-0.2, -0.15) is 0 Å². The third kappa shape index (κ3) is 0.605. The predicted molar refractivity (Wildman–Crippen MR) is 65.5 cm³/mol. The Balaban J connectivity index is 1.44. The molecule has 0 radical (unpaired) electrons. The van der Waals surface area contributed by atoms with Gasteiger partial charge in [-0.1, -0.05) is 15.9 Å². The number of carbonyl (C=O) groups is 1. The molecule has 1 aliphatic heterocycles. The van der Waals surface area contributed by atoms with Crippen molar-refractivity contribution in [2.24, 2.45) is 35.5 Å². The predicted octanol–water partition coefficient (Wildman–Crippen LogP) is 0.723. The molecule has 1 heterocycles. The summed E-state index contributed by atoms with van der Waals surface area (Å²) in [4.78, 5) is 11.6. The minimum absolute atomic E-state index is 0.0170. The zero-order valence-electron chi connectivity index (χ0n) is 10.4. The molecule has 6 aliphatic carbocycles. The molecule has 5 nitrogen and oxygen atoms in total. The van der Waals surface area contributed by atoms with Crippen LogP contribution in [0.3, 0.4) is 0 Å². The Bertz CT molecular complexity index is 525. The molecule has 1 saturated heterocycles. The van der Waals surface area contributed by atoms with Crippen molar-refractivity contribution < 1.29 is 19.0 Å². The fourth-order valence-corrected chi connectivity index (χ4v) is 8.73. The number of hydrogen-bond donors (Lipinski definition) is 1. The average Bonchev–Trinajstić information content (AvgIpc) is 2.95. The Hall–Kier alpha value is -0.330. The van der Waals surface area contributed by atoms with Gasteiger partial charge in [0.05, 0.1) is 30.2 Å². The fraction of sp³-hybridized carbons (Fsp3) is 0.923. The van der Waals surface area contributed by atoms with Crippen molar-refractivity contribution in [3.05, 3.63) is 0 Å². The summed E-state index contributed by atoms with van der Waals surface area (Å²) < 4.78 is 17.0. The van der Waals surface area contributed by atoms with Crippen LogP contribution in [0.2, 0.25) is 0 Å². The highest BCUT2D eigenvalue weighted by Gasteiger charge is 3.09. The minimum atomic E-state index is -0.397. The van der Waals surface area contributed by atoms with Crippen LogP contribution >= 0.6 is 15.9 Å². The van der Waals surface area contributed by atoms with Gasteiger partial charge in [0.2, 0.25) is 0 Å². The average molecular weight is 328 g/mol. The first-order valence-electron chi connectivity index (χ1n) is 6.97. The van der Waals surface area contributed by atoms with Gasteiger partial charge in [0, 0.05) is 5.92 Å². The van der Waals surface area contributed by atoms with Crippen LogP contribution in [0.1, 0.15) is 0 Å². The van der Waals surface area contributed by atoms with Crippen LogP contribution in [0.4, 0.5) is 4.79 Å². The number of alkyl halides is 1. The van der Waals surface area contributed by atoms with Crippen LogP contribution in [-0.2, 0) is 14.2 Å². The summed E-state index contributed by atoms with van der Waals surface area (Å²) in [6, 6.07) is 0. The molecular weight excluding hydrogens is 314 g/mol. The number of methoxy groups -OCH3 is 1. The standard InChI is InChI=1S/C13H14BrNO4/c1-17-10(16)15-11-4-7-5(11)9-6(11)8(4)12(7,14)13(9)18-2-3-19-13/h4-9H,2-3H2,1H3,(H,15,16)/t4?,5-,6+,7+,8-,9?,11?,12?. The Labute approximate surface area is 118 Å². The molecule has 6 heteroatoms. The quantitative estimate of drug-likeness (QED) is 0.721. The summed E-state index contributed by atoms with van der Waals surface area (Å²) in [5, 5.41) is 3.13. The lowest BCUT2D eigenvalue weighted by Crippen LogP contribution is -2.99. The van der Waals surface area contributed by atoms with Crippen LogP contribution in [-0.4, -0.2) is 42.1 Å². The first kappa shape index (κ1) is 10.4. The van der Waals surface area contributed by atoms with E-state index >= 15 is 0 Å². The highest BCUT2D eigenvalue weighted by molar-refractivity contribution is 9.10. The maximum Gasteiger partial charge on any atom is 0.407 e. The summed E-state index contributed by atoms with van der Waals surface area (Å²) >= 11 is 3.99. The molecule has 0 aromatic heterocycles. The number of rotatable bonds is 1. The monoisotopic (exact) mass is 327 g/mol. The molecule has 7 rings (SSSR count). The fourth-order valence-electron chi connectivity index (χ4n) is 7.10. The lowest BCUT2D eigenvalue weighted by atomic mass is 9.16. The van der Waals surface area contributed by atoms with E-state index in [4.69, 9.17) is 14.2 Å². The van der Waals surface area contributed by atoms with Gasteiger partial charge in [-0.25, -0.2) is 4.79 Å². The second kappa shape index (κ2) is 2.46. The lowest BCUT2D eigenvalue weighted by molar-refractivity contribution is -0.391. The normalized spacial score (nSPS) is 66.6. The molecule has 2 bridgehead atoms. The molecule has 1 amide bonds. The van der Waals surface area contributed by atoms with Gasteiger partial charge >= 0.3 is 6.09 Å². The number of amides is 1. The van der Waals surface area contributed by atoms with E-state index in [0.717, 1.165) is 0 Å². The number of alkyl carbamates (subject to hydrolysis) is 1. The van der Waals surface area contributed by atoms with Crippen LogP contribution in [0, 0.1) is 35.5 Å². The third-order valence-corrected chi connectivity index (χ3v) is 8.75. The maximum atomic E-state index is 11.6. The number of halogens is 1. The Morgan fingerprint density at radius 2 is 1.74 bits per heavy atom. The molecule has 7 fully saturated rings. The van der Waals surface area contributed by atoms with Gasteiger partial charge < -0.3 is 19.5 Å². The SMILES string of the molecule is COC(=O)NC12C3[C@@H]4[C@H]1C1[C@H]2[C@H]3C4(Br)C12OCCO2. The maximum absolute atomic E-state index is 11.6. The Morgan fingerprint density at radius 3 is 2.32 bits per heavy atom. The molecule has 6 saturated carbocycles. The van der Waals surface area contributed by atoms with Crippen LogP contribution in [0.25, 0.3) is 0 Å². The van der Waals surface area contributed by atoms with Gasteiger partial charge in [0.25, 0.3) is 0 Å². The van der Waals surface area contributed by atoms with E-state index in [-0.39, 0.29) is 16.0 Å². The summed E-state index contributed by atoms with van der Waals surface area (Å²) in [5.74, 6) is 2.95. The zero-order valence-corrected chi connectivity index (χ0v) is 12.0. The van der Waals surface area contributed by atoms with Crippen LogP contribution in [0.15, 0.2) is 0 Å². The topological polar surface area (TPSA) is 56.8 Å². The number of carbonyl (C=O) groups excluding carboxylic acids is 1. The largest absolute Gasteiger partial charge is 0.453 e. The summed E-state index contributed by atoms with van der Waals surface area (Å²) in [6.45, 7) is 1.40. The second-order valence-corrected chi connectivity index (χ2v) is 8.15. The zero-order chi connectivity index (χ0) is 12.8. The molecular formula is C13H14BrNO4. The molecule has 1 spiro atoms. The smallest absolute Gasteiger partial charge is 0.407 e. The van der Waals surface area contributed by atoms with Gasteiger partial charge in [-0.05, 0) is 29.6 Å². The van der Waals surface area contributed by atoms with Crippen molar-refractivity contribution in [3.63, 3.8) is 0 Å². The van der Waals surface area contributed by atoms with Gasteiger partial charge in [0.1, 0.15) is 0 Å². The van der Waals surface area contributed by atoms with E-state index in [0.29, 0.717) is 48.7 Å². The highest BCUT2D eigenvalue weighted by atomic mass is 79.9. The summed E-state index contributed by atoms with van der Waals surface area (Å²) in [5.41, 5.74) is 0.0170. The van der Waals surface area contributed by atoms with E-state index in [2.05, 4.69) is 21.2 Å². The minimum Gasteiger partial charge on any atom is -0.453 e. The van der Waals surface area contributed by atoms with Crippen LogP contribution < -0.4 is 5.32 Å². The van der Waals surface area contributed by atoms with E-state index in [9.17, 15) is 4.79 Å². The molecule has 1 N–H and O–H groups in total. The van der Waals surface area contributed by atoms with Crippen molar-refractivity contribution in [1.82, 2.24) is 5.32 Å². The van der Waals surface area contributed by atoms with E-state index in [1.807, 2.05) is 0 Å². The number of ether oxygens (including phenoxy) is 3. The number of hydrogen-bond acceptors (Lipinski definition) is 4. The molecule has 102 valence electrons. The summed E-state index contributed by atoms with van der Waals surface area (Å²) in [6.07, 6.45) is -0.290. The van der Waals surface area contributed by atoms with Gasteiger partial charge in [-0.3, -0.25) is 0 Å². The Kier molecular flexibility index (Phi) is 1.35. The molecule has 8 atom stereocenters. The van der Waals surface area contributed by atoms with E-state index in [1.165, 1.54) is 7.11 Å². The van der Waals surface area contributed by atoms with Gasteiger partial charge in [-0.15, -0.1) is 0 Å². The summed E-state index contributed by atoms with van der Waals surface area (Å²) in [7, 11) is 1.43. The van der Waals surface area contributed by atoms with Crippen LogP contribution in [0.5, 0.6) is 0 Å². The second-order valence-electron chi connectivity index (χ2n) is 6.84. The first-order chi connectivity index (χ1) is 9.14. The third-order valence-electron chi connectivity index (χ3n) is 7.14. The van der Waals surface area contributed by atoms with Crippen molar-refractivity contribution in [1.29, 1.82) is 0 Å². The first-order valence-corrected chi connectivity index (χ1v) is 7.77. The Morgan fingerprint density at radius 1 is 1.16 bits per heavy atom. The molecule has 19 heavy (non-hydrogen) atoms. The highest BCUT2D eigenvalue weighted by Crippen LogP contribution is 3.01. The van der Waals surface area contributed by atoms with Crippen molar-refractivity contribution >= 4 is 22.0 Å². The van der Waals surface area contributed by atoms with E-state index < -0.39 is 5.79 Å². The van der Waals surface area contributed by atoms with Crippen molar-refractivity contribution in [3.8, 4) is 0 Å². The van der Waals surface area contributed by atoms with E-state index in [1.54, 1.807) is 0 Å².